The van der Waals surface area contributed by atoms with E-state index in [1.54, 1.807) is 6.07 Å². The highest BCUT2D eigenvalue weighted by Crippen LogP contribution is 2.37. The van der Waals surface area contributed by atoms with E-state index in [1.165, 1.54) is 5.56 Å². The fourth-order valence-corrected chi connectivity index (χ4v) is 4.15. The molecule has 142 valence electrons. The van der Waals surface area contributed by atoms with E-state index in [1.807, 2.05) is 30.3 Å². The van der Waals surface area contributed by atoms with E-state index >= 15 is 0 Å². The number of carbonyl (C=O) groups is 1. The van der Waals surface area contributed by atoms with Crippen LogP contribution in [0.25, 0.3) is 22.0 Å². The number of amides is 1. The number of carbonyl (C=O) groups excluding carboxylic acids is 1. The highest BCUT2D eigenvalue weighted by molar-refractivity contribution is 5.98. The maximum absolute atomic E-state index is 12.7. The van der Waals surface area contributed by atoms with Crippen LogP contribution in [0.1, 0.15) is 11.1 Å². The largest absolute Gasteiger partial charge is 0.379 e. The number of fused-ring (bicyclic) bond motifs is 5. The number of benzene rings is 2. The van der Waals surface area contributed by atoms with Crippen molar-refractivity contribution in [1.29, 1.82) is 0 Å². The Labute approximate surface area is 162 Å². The van der Waals surface area contributed by atoms with Crippen molar-refractivity contribution >= 4 is 22.4 Å². The Kier molecular flexibility index (Phi) is 4.22. The van der Waals surface area contributed by atoms with E-state index < -0.39 is 0 Å². The summed E-state index contributed by atoms with van der Waals surface area (Å²) in [4.78, 5) is 30.2. The molecule has 3 aromatic rings. The third-order valence-corrected chi connectivity index (χ3v) is 5.54. The molecule has 1 fully saturated rings. The molecule has 2 N–H and O–H groups in total. The first-order chi connectivity index (χ1) is 13.7. The van der Waals surface area contributed by atoms with Gasteiger partial charge in [-0.1, -0.05) is 30.3 Å². The molecule has 0 spiro atoms. The number of aromatic nitrogens is 1. The molecule has 0 atom stereocenters. The zero-order valence-corrected chi connectivity index (χ0v) is 15.5. The summed E-state index contributed by atoms with van der Waals surface area (Å²) in [6.07, 6.45) is 0.807. The number of morpholine rings is 1. The first kappa shape index (κ1) is 17.2. The molecule has 2 heterocycles. The molecule has 2 aliphatic rings. The minimum atomic E-state index is -0.130. The number of rotatable bonds is 3. The van der Waals surface area contributed by atoms with Crippen molar-refractivity contribution < 1.29 is 9.53 Å². The molecular formula is C22H21N3O3. The predicted molar refractivity (Wildman–Crippen MR) is 109 cm³/mol. The van der Waals surface area contributed by atoms with Crippen molar-refractivity contribution in [3.05, 3.63) is 63.9 Å². The Morgan fingerprint density at radius 2 is 1.93 bits per heavy atom. The number of ether oxygens (including phenoxy) is 1. The fourth-order valence-electron chi connectivity index (χ4n) is 4.15. The number of nitrogens with zero attached hydrogens (tertiary/aromatic N) is 1. The Morgan fingerprint density at radius 1 is 1.11 bits per heavy atom. The molecule has 1 aliphatic carbocycles. The molecule has 1 aliphatic heterocycles. The SMILES string of the molecule is O=C(CN1CCOCC1)Nc1ccc2c3c([nH]c(=O)c2c1)-c1ccccc1C3. The summed E-state index contributed by atoms with van der Waals surface area (Å²) < 4.78 is 5.31. The van der Waals surface area contributed by atoms with Gasteiger partial charge >= 0.3 is 0 Å². The van der Waals surface area contributed by atoms with Crippen LogP contribution in [0.3, 0.4) is 0 Å². The van der Waals surface area contributed by atoms with Crippen LogP contribution in [0.5, 0.6) is 0 Å². The van der Waals surface area contributed by atoms with Gasteiger partial charge in [-0.3, -0.25) is 14.5 Å². The van der Waals surface area contributed by atoms with Gasteiger partial charge in [0.05, 0.1) is 25.5 Å². The molecule has 5 rings (SSSR count). The highest BCUT2D eigenvalue weighted by Gasteiger charge is 2.22. The minimum Gasteiger partial charge on any atom is -0.379 e. The lowest BCUT2D eigenvalue weighted by Gasteiger charge is -2.25. The molecule has 28 heavy (non-hydrogen) atoms. The Bertz CT molecular complexity index is 1130. The molecule has 6 nitrogen and oxygen atoms in total. The van der Waals surface area contributed by atoms with Crippen LogP contribution >= 0.6 is 0 Å². The monoisotopic (exact) mass is 375 g/mol. The van der Waals surface area contributed by atoms with Gasteiger partial charge in [0, 0.05) is 36.1 Å². The molecule has 1 saturated heterocycles. The molecule has 6 heteroatoms. The number of H-pyrrole nitrogens is 1. The van der Waals surface area contributed by atoms with Crippen molar-refractivity contribution in [2.75, 3.05) is 38.2 Å². The summed E-state index contributed by atoms with van der Waals surface area (Å²) in [7, 11) is 0. The second kappa shape index (κ2) is 6.89. The van der Waals surface area contributed by atoms with Crippen LogP contribution < -0.4 is 10.9 Å². The Hall–Kier alpha value is -2.96. The van der Waals surface area contributed by atoms with Crippen molar-refractivity contribution in [3.63, 3.8) is 0 Å². The second-order valence-corrected chi connectivity index (χ2v) is 7.34. The molecule has 1 amide bonds. The summed E-state index contributed by atoms with van der Waals surface area (Å²) in [5.41, 5.74) is 4.89. The van der Waals surface area contributed by atoms with Gasteiger partial charge in [0.2, 0.25) is 5.91 Å². The summed E-state index contributed by atoms with van der Waals surface area (Å²) in [5, 5.41) is 4.47. The number of hydrogen-bond donors (Lipinski definition) is 2. The van der Waals surface area contributed by atoms with E-state index in [4.69, 9.17) is 4.74 Å². The number of aromatic amines is 1. The fraction of sp³-hybridized carbons (Fsp3) is 0.273. The number of hydrogen-bond acceptors (Lipinski definition) is 4. The zero-order valence-electron chi connectivity index (χ0n) is 15.5. The lowest BCUT2D eigenvalue weighted by Crippen LogP contribution is -2.41. The van der Waals surface area contributed by atoms with E-state index in [0.29, 0.717) is 30.8 Å². The lowest BCUT2D eigenvalue weighted by molar-refractivity contribution is -0.118. The van der Waals surface area contributed by atoms with Gasteiger partial charge in [0.15, 0.2) is 0 Å². The Morgan fingerprint density at radius 3 is 2.79 bits per heavy atom. The van der Waals surface area contributed by atoms with Gasteiger partial charge in [-0.25, -0.2) is 0 Å². The normalized spacial score (nSPS) is 16.0. The standard InChI is InChI=1S/C22H21N3O3/c26-20(13-25-7-9-28-10-8-25)23-15-5-6-17-18-11-14-3-1-2-4-16(14)21(18)24-22(27)19(17)12-15/h1-6,12H,7-11,13H2,(H,23,26)(H,24,27). The molecule has 0 saturated carbocycles. The number of nitrogens with one attached hydrogen (secondary N) is 2. The maximum Gasteiger partial charge on any atom is 0.256 e. The third-order valence-electron chi connectivity index (χ3n) is 5.54. The molecular weight excluding hydrogens is 354 g/mol. The summed E-state index contributed by atoms with van der Waals surface area (Å²) in [6.45, 7) is 3.17. The zero-order chi connectivity index (χ0) is 19.1. The Balaban J connectivity index is 1.43. The van der Waals surface area contributed by atoms with Gasteiger partial charge < -0.3 is 15.0 Å². The van der Waals surface area contributed by atoms with E-state index in [0.717, 1.165) is 41.7 Å². The number of pyridine rings is 1. The van der Waals surface area contributed by atoms with Gasteiger partial charge in [-0.2, -0.15) is 0 Å². The van der Waals surface area contributed by atoms with Gasteiger partial charge in [0.1, 0.15) is 0 Å². The topological polar surface area (TPSA) is 74.4 Å². The van der Waals surface area contributed by atoms with Crippen molar-refractivity contribution in [3.8, 4) is 11.3 Å². The first-order valence-electron chi connectivity index (χ1n) is 9.56. The van der Waals surface area contributed by atoms with Crippen LogP contribution in [-0.2, 0) is 16.0 Å². The smallest absolute Gasteiger partial charge is 0.256 e. The van der Waals surface area contributed by atoms with E-state index in [2.05, 4.69) is 21.3 Å². The molecule has 2 aromatic carbocycles. The molecule has 0 radical (unpaired) electrons. The maximum atomic E-state index is 12.7. The summed E-state index contributed by atoms with van der Waals surface area (Å²) in [5.74, 6) is -0.0776. The van der Waals surface area contributed by atoms with Crippen LogP contribution in [0.4, 0.5) is 5.69 Å². The molecule has 1 aromatic heterocycles. The minimum absolute atomic E-state index is 0.0776. The average molecular weight is 375 g/mol. The molecule has 0 bridgehead atoms. The second-order valence-electron chi connectivity index (χ2n) is 7.34. The van der Waals surface area contributed by atoms with Gasteiger partial charge in [-0.15, -0.1) is 0 Å². The highest BCUT2D eigenvalue weighted by atomic mass is 16.5. The quantitative estimate of drug-likeness (QED) is 0.577. The van der Waals surface area contributed by atoms with Crippen molar-refractivity contribution in [2.45, 2.75) is 6.42 Å². The lowest BCUT2D eigenvalue weighted by atomic mass is 10.0. The van der Waals surface area contributed by atoms with Gasteiger partial charge in [-0.05, 0) is 28.6 Å². The van der Waals surface area contributed by atoms with Crippen molar-refractivity contribution in [2.24, 2.45) is 0 Å². The van der Waals surface area contributed by atoms with Crippen LogP contribution in [0.2, 0.25) is 0 Å². The molecule has 0 unspecified atom stereocenters. The van der Waals surface area contributed by atoms with E-state index in [-0.39, 0.29) is 11.5 Å². The third kappa shape index (κ3) is 3.00. The first-order valence-corrected chi connectivity index (χ1v) is 9.56. The van der Waals surface area contributed by atoms with Crippen LogP contribution in [0.15, 0.2) is 47.3 Å². The van der Waals surface area contributed by atoms with Crippen LogP contribution in [0, 0.1) is 0 Å². The van der Waals surface area contributed by atoms with Crippen molar-refractivity contribution in [1.82, 2.24) is 9.88 Å². The van der Waals surface area contributed by atoms with E-state index in [9.17, 15) is 9.59 Å². The van der Waals surface area contributed by atoms with Gasteiger partial charge in [0.25, 0.3) is 5.56 Å². The average Bonchev–Trinajstić information content (AvgIpc) is 3.07. The van der Waals surface area contributed by atoms with Crippen LogP contribution in [-0.4, -0.2) is 48.6 Å². The summed E-state index contributed by atoms with van der Waals surface area (Å²) >= 11 is 0. The number of anilines is 1. The summed E-state index contributed by atoms with van der Waals surface area (Å²) in [6, 6.07) is 13.7. The predicted octanol–water partition coefficient (Wildman–Crippen LogP) is 2.37.